The molecular formula is C15H14F4N4O. The predicted octanol–water partition coefficient (Wildman–Crippen LogP) is 2.91. The quantitative estimate of drug-likeness (QED) is 0.789. The maximum Gasteiger partial charge on any atom is 0.419 e. The van der Waals surface area contributed by atoms with Crippen molar-refractivity contribution in [3.05, 3.63) is 47.8 Å². The molecule has 1 aliphatic rings. The fourth-order valence-electron chi connectivity index (χ4n) is 2.82. The van der Waals surface area contributed by atoms with Crippen molar-refractivity contribution in [2.45, 2.75) is 25.1 Å². The summed E-state index contributed by atoms with van der Waals surface area (Å²) in [5.74, 6) is -1.94. The van der Waals surface area contributed by atoms with Crippen LogP contribution in [0.5, 0.6) is 0 Å². The van der Waals surface area contributed by atoms with E-state index in [1.165, 1.54) is 17.6 Å². The first-order chi connectivity index (χ1) is 11.4. The van der Waals surface area contributed by atoms with Gasteiger partial charge < -0.3 is 4.90 Å². The van der Waals surface area contributed by atoms with Gasteiger partial charge in [0.2, 0.25) is 0 Å². The number of benzene rings is 1. The van der Waals surface area contributed by atoms with Gasteiger partial charge in [0.15, 0.2) is 0 Å². The van der Waals surface area contributed by atoms with Crippen molar-refractivity contribution in [3.63, 3.8) is 0 Å². The van der Waals surface area contributed by atoms with Gasteiger partial charge in [0.05, 0.1) is 11.6 Å². The molecule has 0 aliphatic carbocycles. The molecule has 0 bridgehead atoms. The summed E-state index contributed by atoms with van der Waals surface area (Å²) in [6.45, 7) is 0.754. The van der Waals surface area contributed by atoms with Crippen LogP contribution in [0.4, 0.5) is 17.6 Å². The van der Waals surface area contributed by atoms with E-state index in [1.807, 2.05) is 0 Å². The number of rotatable bonds is 2. The number of aromatic nitrogens is 3. The lowest BCUT2D eigenvalue weighted by atomic mass is 10.0. The van der Waals surface area contributed by atoms with Crippen LogP contribution in [0.25, 0.3) is 0 Å². The Balaban J connectivity index is 1.81. The number of halogens is 4. The molecule has 3 rings (SSSR count). The third-order valence-corrected chi connectivity index (χ3v) is 4.01. The molecular weight excluding hydrogens is 328 g/mol. The van der Waals surface area contributed by atoms with E-state index in [2.05, 4.69) is 10.1 Å². The number of carbonyl (C=O) groups excluding carboxylic acids is 1. The first-order valence-corrected chi connectivity index (χ1v) is 7.36. The van der Waals surface area contributed by atoms with Crippen LogP contribution >= 0.6 is 0 Å². The summed E-state index contributed by atoms with van der Waals surface area (Å²) in [6, 6.07) is 2.24. The van der Waals surface area contributed by atoms with Gasteiger partial charge in [-0.3, -0.25) is 4.79 Å². The van der Waals surface area contributed by atoms with Crippen LogP contribution in [0, 0.1) is 5.82 Å². The number of hydrogen-bond acceptors (Lipinski definition) is 3. The highest BCUT2D eigenvalue weighted by Crippen LogP contribution is 2.32. The summed E-state index contributed by atoms with van der Waals surface area (Å²) in [5, 5.41) is 4.03. The average molecular weight is 342 g/mol. The molecule has 0 radical (unpaired) electrons. The highest BCUT2D eigenvalue weighted by molar-refractivity contribution is 5.94. The van der Waals surface area contributed by atoms with Crippen molar-refractivity contribution in [3.8, 4) is 0 Å². The van der Waals surface area contributed by atoms with Crippen LogP contribution in [0.1, 0.15) is 34.8 Å². The van der Waals surface area contributed by atoms with Crippen LogP contribution in [0.15, 0.2) is 30.9 Å². The van der Waals surface area contributed by atoms with Gasteiger partial charge in [-0.2, -0.15) is 18.3 Å². The lowest BCUT2D eigenvalue weighted by molar-refractivity contribution is -0.140. The second kappa shape index (κ2) is 6.21. The number of carbonyl (C=O) groups is 1. The van der Waals surface area contributed by atoms with E-state index in [0.717, 1.165) is 12.5 Å². The van der Waals surface area contributed by atoms with Crippen molar-refractivity contribution in [1.29, 1.82) is 0 Å². The van der Waals surface area contributed by atoms with E-state index >= 15 is 0 Å². The molecule has 128 valence electrons. The summed E-state index contributed by atoms with van der Waals surface area (Å²) < 4.78 is 53.4. The van der Waals surface area contributed by atoms with Crippen LogP contribution in [-0.4, -0.2) is 38.7 Å². The first kappa shape index (κ1) is 16.4. The molecule has 5 nitrogen and oxygen atoms in total. The smallest absolute Gasteiger partial charge is 0.337 e. The number of piperidine rings is 1. The molecule has 24 heavy (non-hydrogen) atoms. The van der Waals surface area contributed by atoms with Gasteiger partial charge in [0.1, 0.15) is 18.5 Å². The third kappa shape index (κ3) is 3.24. The summed E-state index contributed by atoms with van der Waals surface area (Å²) in [7, 11) is 0. The standard InChI is InChI=1S/C15H14F4N4O/c16-13-4-3-10(6-12(13)15(17,18)19)14(24)22-5-1-2-11(7-22)23-9-20-8-21-23/h3-4,6,8-9,11H,1-2,5,7H2. The molecule has 1 aliphatic heterocycles. The van der Waals surface area contributed by atoms with Crippen LogP contribution in [0.2, 0.25) is 0 Å². The van der Waals surface area contributed by atoms with Crippen molar-refractivity contribution in [1.82, 2.24) is 19.7 Å². The highest BCUT2D eigenvalue weighted by atomic mass is 19.4. The van der Waals surface area contributed by atoms with Gasteiger partial charge in [-0.05, 0) is 31.0 Å². The van der Waals surface area contributed by atoms with Crippen LogP contribution in [-0.2, 0) is 6.18 Å². The molecule has 0 saturated carbocycles. The van der Waals surface area contributed by atoms with Crippen molar-refractivity contribution >= 4 is 5.91 Å². The molecule has 0 spiro atoms. The molecule has 1 atom stereocenters. The Morgan fingerprint density at radius 3 is 2.75 bits per heavy atom. The van der Waals surface area contributed by atoms with Gasteiger partial charge in [0.25, 0.3) is 5.91 Å². The third-order valence-electron chi connectivity index (χ3n) is 4.01. The zero-order valence-corrected chi connectivity index (χ0v) is 12.5. The summed E-state index contributed by atoms with van der Waals surface area (Å²) >= 11 is 0. The molecule has 1 saturated heterocycles. The maximum atomic E-state index is 13.4. The fraction of sp³-hybridized carbons (Fsp3) is 0.400. The molecule has 1 aromatic carbocycles. The molecule has 0 N–H and O–H groups in total. The van der Waals surface area contributed by atoms with Gasteiger partial charge in [-0.25, -0.2) is 14.1 Å². The minimum Gasteiger partial charge on any atom is -0.337 e. The Morgan fingerprint density at radius 1 is 1.29 bits per heavy atom. The first-order valence-electron chi connectivity index (χ1n) is 7.36. The predicted molar refractivity (Wildman–Crippen MR) is 75.6 cm³/mol. The van der Waals surface area contributed by atoms with E-state index in [0.29, 0.717) is 31.6 Å². The Morgan fingerprint density at radius 2 is 2.08 bits per heavy atom. The number of nitrogens with zero attached hydrogens (tertiary/aromatic N) is 4. The molecule has 2 heterocycles. The second-order valence-corrected chi connectivity index (χ2v) is 5.62. The van der Waals surface area contributed by atoms with Crippen molar-refractivity contribution in [2.24, 2.45) is 0 Å². The largest absolute Gasteiger partial charge is 0.419 e. The molecule has 9 heteroatoms. The maximum absolute atomic E-state index is 13.4. The number of likely N-dealkylation sites (tertiary alicyclic amines) is 1. The van der Waals surface area contributed by atoms with Crippen LogP contribution in [0.3, 0.4) is 0 Å². The minimum atomic E-state index is -4.84. The summed E-state index contributed by atoms with van der Waals surface area (Å²) in [5.41, 5.74) is -1.61. The van der Waals surface area contributed by atoms with E-state index in [4.69, 9.17) is 0 Å². The zero-order valence-electron chi connectivity index (χ0n) is 12.5. The normalized spacial score (nSPS) is 18.7. The lowest BCUT2D eigenvalue weighted by Crippen LogP contribution is -2.41. The van der Waals surface area contributed by atoms with Gasteiger partial charge in [-0.15, -0.1) is 0 Å². The topological polar surface area (TPSA) is 51.0 Å². The number of hydrogen-bond donors (Lipinski definition) is 0. The minimum absolute atomic E-state index is 0.0762. The lowest BCUT2D eigenvalue weighted by Gasteiger charge is -2.32. The average Bonchev–Trinajstić information content (AvgIpc) is 3.08. The molecule has 1 aromatic heterocycles. The van der Waals surface area contributed by atoms with Crippen LogP contribution < -0.4 is 0 Å². The van der Waals surface area contributed by atoms with Crippen molar-refractivity contribution in [2.75, 3.05) is 13.1 Å². The van der Waals surface area contributed by atoms with E-state index in [9.17, 15) is 22.4 Å². The summed E-state index contributed by atoms with van der Waals surface area (Å²) in [4.78, 5) is 17.8. The Labute approximate surface area is 134 Å². The Kier molecular flexibility index (Phi) is 4.25. The van der Waals surface area contributed by atoms with E-state index < -0.39 is 23.5 Å². The number of amides is 1. The van der Waals surface area contributed by atoms with E-state index in [1.54, 1.807) is 4.68 Å². The summed E-state index contributed by atoms with van der Waals surface area (Å²) in [6.07, 6.45) is -0.422. The molecule has 2 aromatic rings. The molecule has 1 unspecified atom stereocenters. The highest BCUT2D eigenvalue weighted by Gasteiger charge is 2.35. The van der Waals surface area contributed by atoms with Gasteiger partial charge in [-0.1, -0.05) is 0 Å². The SMILES string of the molecule is O=C(c1ccc(F)c(C(F)(F)F)c1)N1CCCC(n2cncn2)C1. The van der Waals surface area contributed by atoms with Crippen molar-refractivity contribution < 1.29 is 22.4 Å². The molecule has 1 fully saturated rings. The second-order valence-electron chi connectivity index (χ2n) is 5.62. The van der Waals surface area contributed by atoms with E-state index in [-0.39, 0.29) is 11.6 Å². The number of alkyl halides is 3. The molecule has 1 amide bonds. The zero-order chi connectivity index (χ0) is 17.3. The van der Waals surface area contributed by atoms with Gasteiger partial charge >= 0.3 is 6.18 Å². The van der Waals surface area contributed by atoms with Gasteiger partial charge in [0, 0.05) is 18.7 Å². The Hall–Kier alpha value is -2.45. The fourth-order valence-corrected chi connectivity index (χ4v) is 2.82. The monoisotopic (exact) mass is 342 g/mol. The Bertz CT molecular complexity index is 730.